The zero-order valence-electron chi connectivity index (χ0n) is 11.5. The van der Waals surface area contributed by atoms with E-state index in [1.807, 2.05) is 0 Å². The first-order valence-corrected chi connectivity index (χ1v) is 7.11. The van der Waals surface area contributed by atoms with Crippen molar-refractivity contribution in [3.63, 3.8) is 0 Å². The molecule has 19 heavy (non-hydrogen) atoms. The number of aryl methyl sites for hydroxylation is 1. The third kappa shape index (κ3) is 3.45. The summed E-state index contributed by atoms with van der Waals surface area (Å²) < 4.78 is 0.685. The quantitative estimate of drug-likeness (QED) is 0.617. The van der Waals surface area contributed by atoms with E-state index >= 15 is 0 Å². The number of nitrogens with one attached hydrogen (secondary N) is 1. The van der Waals surface area contributed by atoms with E-state index < -0.39 is 0 Å². The molecule has 0 bridgehead atoms. The number of nitro groups is 1. The van der Waals surface area contributed by atoms with Gasteiger partial charge in [0.15, 0.2) is 0 Å². The van der Waals surface area contributed by atoms with Crippen LogP contribution in [0.3, 0.4) is 0 Å². The van der Waals surface area contributed by atoms with E-state index in [2.05, 4.69) is 35.1 Å². The third-order valence-electron chi connectivity index (χ3n) is 3.63. The van der Waals surface area contributed by atoms with Crippen LogP contribution in [0.25, 0.3) is 0 Å². The molecule has 0 aliphatic carbocycles. The second-order valence-corrected chi connectivity index (χ2v) is 5.55. The summed E-state index contributed by atoms with van der Waals surface area (Å²) in [6.45, 7) is 6.41. The van der Waals surface area contributed by atoms with Crippen molar-refractivity contribution in [2.45, 2.75) is 39.2 Å². The van der Waals surface area contributed by atoms with E-state index in [0.29, 0.717) is 16.6 Å². The van der Waals surface area contributed by atoms with Gasteiger partial charge in [0.1, 0.15) is 0 Å². The van der Waals surface area contributed by atoms with Gasteiger partial charge in [-0.1, -0.05) is 13.8 Å². The van der Waals surface area contributed by atoms with Gasteiger partial charge in [0.2, 0.25) is 0 Å². The summed E-state index contributed by atoms with van der Waals surface area (Å²) in [5, 5.41) is 14.3. The molecule has 0 aliphatic rings. The second-order valence-electron chi connectivity index (χ2n) is 4.69. The van der Waals surface area contributed by atoms with Crippen LogP contribution in [0.1, 0.15) is 32.3 Å². The number of nitrogens with two attached hydrogens (primary N) is 1. The zero-order valence-corrected chi connectivity index (χ0v) is 13.1. The molecule has 5 nitrogen and oxygen atoms in total. The van der Waals surface area contributed by atoms with Gasteiger partial charge in [-0.3, -0.25) is 10.1 Å². The van der Waals surface area contributed by atoms with Crippen LogP contribution in [-0.4, -0.2) is 17.0 Å². The minimum Gasteiger partial charge on any atom is -0.377 e. The number of anilines is 1. The summed E-state index contributed by atoms with van der Waals surface area (Å²) in [7, 11) is 0. The summed E-state index contributed by atoms with van der Waals surface area (Å²) in [6, 6.07) is 3.32. The van der Waals surface area contributed by atoms with Gasteiger partial charge in [0.25, 0.3) is 5.69 Å². The largest absolute Gasteiger partial charge is 0.377 e. The average Bonchev–Trinajstić information content (AvgIpc) is 2.39. The van der Waals surface area contributed by atoms with E-state index in [-0.39, 0.29) is 16.1 Å². The molecule has 0 aliphatic heterocycles. The van der Waals surface area contributed by atoms with Gasteiger partial charge in [-0.2, -0.15) is 0 Å². The predicted octanol–water partition coefficient (Wildman–Crippen LogP) is 3.60. The molecule has 0 heterocycles. The maximum absolute atomic E-state index is 10.9. The van der Waals surface area contributed by atoms with Crippen molar-refractivity contribution < 1.29 is 4.92 Å². The maximum atomic E-state index is 10.9. The Kier molecular flexibility index (Phi) is 5.31. The van der Waals surface area contributed by atoms with Crippen molar-refractivity contribution in [3.8, 4) is 0 Å². The molecule has 1 rings (SSSR count). The summed E-state index contributed by atoms with van der Waals surface area (Å²) in [4.78, 5) is 10.5. The van der Waals surface area contributed by atoms with E-state index in [0.717, 1.165) is 18.5 Å². The van der Waals surface area contributed by atoms with Gasteiger partial charge in [-0.05, 0) is 41.8 Å². The van der Waals surface area contributed by atoms with Gasteiger partial charge in [0, 0.05) is 33.9 Å². The van der Waals surface area contributed by atoms with E-state index in [1.165, 1.54) is 6.07 Å². The molecule has 0 fully saturated rings. The van der Waals surface area contributed by atoms with Gasteiger partial charge in [0.05, 0.1) is 4.92 Å². The molecule has 0 unspecified atom stereocenters. The molecule has 0 atom stereocenters. The van der Waals surface area contributed by atoms with Crippen molar-refractivity contribution in [2.24, 2.45) is 5.73 Å². The van der Waals surface area contributed by atoms with Crippen LogP contribution in [0.4, 0.5) is 11.4 Å². The predicted molar refractivity (Wildman–Crippen MR) is 81.5 cm³/mol. The fourth-order valence-electron chi connectivity index (χ4n) is 2.02. The molecule has 3 N–H and O–H groups in total. The Morgan fingerprint density at radius 3 is 2.42 bits per heavy atom. The molecule has 0 saturated carbocycles. The number of nitro benzene ring substituents is 1. The Labute approximate surface area is 121 Å². The molecule has 0 radical (unpaired) electrons. The highest BCUT2D eigenvalue weighted by Crippen LogP contribution is 2.33. The Balaban J connectivity index is 3.16. The Morgan fingerprint density at radius 2 is 2.00 bits per heavy atom. The van der Waals surface area contributed by atoms with Crippen molar-refractivity contribution in [2.75, 3.05) is 11.9 Å². The topological polar surface area (TPSA) is 81.2 Å². The van der Waals surface area contributed by atoms with Crippen LogP contribution in [0, 0.1) is 17.0 Å². The molecular formula is C13H20BrN3O2. The Morgan fingerprint density at radius 1 is 1.42 bits per heavy atom. The number of benzene rings is 1. The monoisotopic (exact) mass is 329 g/mol. The molecule has 0 saturated heterocycles. The van der Waals surface area contributed by atoms with Crippen LogP contribution in [0.2, 0.25) is 0 Å². The van der Waals surface area contributed by atoms with Crippen molar-refractivity contribution in [3.05, 3.63) is 32.3 Å². The lowest BCUT2D eigenvalue weighted by atomic mass is 9.92. The van der Waals surface area contributed by atoms with Crippen LogP contribution >= 0.6 is 15.9 Å². The van der Waals surface area contributed by atoms with Crippen LogP contribution < -0.4 is 11.1 Å². The van der Waals surface area contributed by atoms with E-state index in [4.69, 9.17) is 5.73 Å². The first-order valence-electron chi connectivity index (χ1n) is 6.32. The van der Waals surface area contributed by atoms with Crippen molar-refractivity contribution in [1.82, 2.24) is 0 Å². The molecule has 0 spiro atoms. The maximum Gasteiger partial charge on any atom is 0.273 e. The molecule has 6 heteroatoms. The van der Waals surface area contributed by atoms with Crippen LogP contribution in [0.15, 0.2) is 16.6 Å². The number of nitrogens with zero attached hydrogens (tertiary/aromatic N) is 1. The molecular weight excluding hydrogens is 310 g/mol. The SMILES string of the molecule is CCC(CC)(CN)Nc1cc(C)c([N+](=O)[O-])cc1Br. The highest BCUT2D eigenvalue weighted by Gasteiger charge is 2.25. The van der Waals surface area contributed by atoms with Gasteiger partial charge in [-0.15, -0.1) is 0 Å². The number of halogens is 1. The molecule has 0 amide bonds. The van der Waals surface area contributed by atoms with E-state index in [1.54, 1.807) is 13.0 Å². The highest BCUT2D eigenvalue weighted by molar-refractivity contribution is 9.10. The third-order valence-corrected chi connectivity index (χ3v) is 4.28. The molecule has 106 valence electrons. The van der Waals surface area contributed by atoms with Crippen molar-refractivity contribution in [1.29, 1.82) is 0 Å². The van der Waals surface area contributed by atoms with Gasteiger partial charge < -0.3 is 11.1 Å². The van der Waals surface area contributed by atoms with Crippen LogP contribution in [0.5, 0.6) is 0 Å². The first kappa shape index (κ1) is 15.9. The summed E-state index contributed by atoms with van der Waals surface area (Å²) in [5.41, 5.74) is 7.27. The minimum atomic E-state index is -0.375. The summed E-state index contributed by atoms with van der Waals surface area (Å²) in [6.07, 6.45) is 1.78. The lowest BCUT2D eigenvalue weighted by Crippen LogP contribution is -2.44. The average molecular weight is 330 g/mol. The fourth-order valence-corrected chi connectivity index (χ4v) is 2.45. The number of hydrogen-bond acceptors (Lipinski definition) is 4. The smallest absolute Gasteiger partial charge is 0.273 e. The minimum absolute atomic E-state index is 0.115. The number of hydrogen-bond donors (Lipinski definition) is 2. The zero-order chi connectivity index (χ0) is 14.6. The van der Waals surface area contributed by atoms with Gasteiger partial charge in [-0.25, -0.2) is 0 Å². The van der Waals surface area contributed by atoms with Gasteiger partial charge >= 0.3 is 0 Å². The fraction of sp³-hybridized carbons (Fsp3) is 0.538. The van der Waals surface area contributed by atoms with E-state index in [9.17, 15) is 10.1 Å². The Bertz CT molecular complexity index is 465. The summed E-state index contributed by atoms with van der Waals surface area (Å²) >= 11 is 3.38. The standard InChI is InChI=1S/C13H20BrN3O2/c1-4-13(5-2,8-15)16-11-6-9(3)12(17(18)19)7-10(11)14/h6-7,16H,4-5,8,15H2,1-3H3. The Hall–Kier alpha value is -1.14. The number of rotatable bonds is 6. The molecule has 0 aromatic heterocycles. The molecule has 1 aromatic carbocycles. The lowest BCUT2D eigenvalue weighted by molar-refractivity contribution is -0.385. The second kappa shape index (κ2) is 6.34. The lowest BCUT2D eigenvalue weighted by Gasteiger charge is -2.33. The highest BCUT2D eigenvalue weighted by atomic mass is 79.9. The summed E-state index contributed by atoms with van der Waals surface area (Å²) in [5.74, 6) is 0. The van der Waals surface area contributed by atoms with Crippen LogP contribution in [-0.2, 0) is 0 Å². The first-order chi connectivity index (χ1) is 8.89. The van der Waals surface area contributed by atoms with Crippen molar-refractivity contribution >= 4 is 27.3 Å². The normalized spacial score (nSPS) is 11.4. The molecule has 1 aromatic rings.